The van der Waals surface area contributed by atoms with Gasteiger partial charge in [-0.2, -0.15) is 0 Å². The van der Waals surface area contributed by atoms with Crippen molar-refractivity contribution >= 4 is 20.0 Å². The Morgan fingerprint density at radius 1 is 1.75 bits per heavy atom. The SMILES string of the molecule is CCCCS(=O)([O-])=S. The third-order valence-corrected chi connectivity index (χ3v) is 2.04. The van der Waals surface area contributed by atoms with Crippen molar-refractivity contribution < 1.29 is 8.76 Å². The fraction of sp³-hybridized carbons (Fsp3) is 1.00. The maximum Gasteiger partial charge on any atom is 0.0135 e. The summed E-state index contributed by atoms with van der Waals surface area (Å²) >= 11 is 4.12. The molecule has 0 bridgehead atoms. The summed E-state index contributed by atoms with van der Waals surface area (Å²) < 4.78 is 20.4. The van der Waals surface area contributed by atoms with Gasteiger partial charge in [0.25, 0.3) is 0 Å². The summed E-state index contributed by atoms with van der Waals surface area (Å²) in [6, 6.07) is 0. The van der Waals surface area contributed by atoms with Crippen LogP contribution in [0, 0.1) is 0 Å². The lowest BCUT2D eigenvalue weighted by Gasteiger charge is -2.07. The number of unbranched alkanes of at least 4 members (excludes halogenated alkanes) is 1. The van der Waals surface area contributed by atoms with Crippen molar-refractivity contribution in [1.29, 1.82) is 0 Å². The van der Waals surface area contributed by atoms with Crippen molar-refractivity contribution in [2.45, 2.75) is 19.8 Å². The number of rotatable bonds is 3. The lowest BCUT2D eigenvalue weighted by atomic mass is 10.4. The summed E-state index contributed by atoms with van der Waals surface area (Å²) in [5, 5.41) is 0. The number of hydrogen-bond acceptors (Lipinski definition) is 3. The third-order valence-electron chi connectivity index (χ3n) is 0.748. The Morgan fingerprint density at radius 3 is 2.38 bits per heavy atom. The minimum Gasteiger partial charge on any atom is -0.769 e. The molecule has 0 aromatic carbocycles. The van der Waals surface area contributed by atoms with E-state index in [4.69, 9.17) is 0 Å². The van der Waals surface area contributed by atoms with Crippen LogP contribution in [0.4, 0.5) is 0 Å². The molecule has 0 saturated carbocycles. The quantitative estimate of drug-likeness (QED) is 0.598. The van der Waals surface area contributed by atoms with E-state index in [9.17, 15) is 8.76 Å². The average Bonchev–Trinajstić information content (AvgIpc) is 1.59. The molecule has 8 heavy (non-hydrogen) atoms. The second-order valence-corrected chi connectivity index (χ2v) is 4.66. The van der Waals surface area contributed by atoms with E-state index in [0.717, 1.165) is 6.42 Å². The van der Waals surface area contributed by atoms with E-state index in [1.54, 1.807) is 0 Å². The van der Waals surface area contributed by atoms with Crippen molar-refractivity contribution in [2.75, 3.05) is 5.75 Å². The largest absolute Gasteiger partial charge is 0.769 e. The molecule has 4 heteroatoms. The van der Waals surface area contributed by atoms with Gasteiger partial charge in [-0.25, -0.2) is 0 Å². The van der Waals surface area contributed by atoms with E-state index in [0.29, 0.717) is 6.42 Å². The molecule has 1 unspecified atom stereocenters. The number of hydrogen-bond donors (Lipinski definition) is 0. The highest BCUT2D eigenvalue weighted by Gasteiger charge is 1.86. The second-order valence-electron chi connectivity index (χ2n) is 1.62. The second kappa shape index (κ2) is 3.37. The van der Waals surface area contributed by atoms with Crippen LogP contribution in [0.15, 0.2) is 0 Å². The predicted molar refractivity (Wildman–Crippen MR) is 36.1 cm³/mol. The van der Waals surface area contributed by atoms with Gasteiger partial charge < -0.3 is 4.55 Å². The summed E-state index contributed by atoms with van der Waals surface area (Å²) in [5.41, 5.74) is 0. The molecule has 0 saturated heterocycles. The summed E-state index contributed by atoms with van der Waals surface area (Å²) in [7, 11) is -3.10. The zero-order valence-corrected chi connectivity index (χ0v) is 6.39. The van der Waals surface area contributed by atoms with Gasteiger partial charge in [0.1, 0.15) is 0 Å². The van der Waals surface area contributed by atoms with Crippen LogP contribution in [-0.4, -0.2) is 14.5 Å². The van der Waals surface area contributed by atoms with Crippen LogP contribution < -0.4 is 0 Å². The topological polar surface area (TPSA) is 40.1 Å². The van der Waals surface area contributed by atoms with Gasteiger partial charge in [0.2, 0.25) is 0 Å². The first-order valence-corrected chi connectivity index (χ1v) is 5.07. The van der Waals surface area contributed by atoms with Crippen LogP contribution in [0.1, 0.15) is 19.8 Å². The van der Waals surface area contributed by atoms with E-state index in [1.807, 2.05) is 6.92 Å². The van der Waals surface area contributed by atoms with Crippen molar-refractivity contribution in [3.8, 4) is 0 Å². The summed E-state index contributed by atoms with van der Waals surface area (Å²) in [4.78, 5) is 0. The molecule has 0 N–H and O–H groups in total. The molecule has 2 nitrogen and oxygen atoms in total. The first kappa shape index (κ1) is 8.33. The molecule has 0 aliphatic rings. The maximum atomic E-state index is 10.2. The Hall–Kier alpha value is 0.330. The predicted octanol–water partition coefficient (Wildman–Crippen LogP) is 0.663. The molecule has 0 amide bonds. The van der Waals surface area contributed by atoms with Gasteiger partial charge in [0.05, 0.1) is 0 Å². The minimum absolute atomic E-state index is 0.152. The molecule has 0 fully saturated rings. The van der Waals surface area contributed by atoms with Crippen molar-refractivity contribution in [2.24, 2.45) is 0 Å². The van der Waals surface area contributed by atoms with Gasteiger partial charge in [-0.1, -0.05) is 13.3 Å². The smallest absolute Gasteiger partial charge is 0.0135 e. The highest BCUT2D eigenvalue weighted by Crippen LogP contribution is 1.91. The Morgan fingerprint density at radius 2 is 2.25 bits per heavy atom. The van der Waals surface area contributed by atoms with Crippen molar-refractivity contribution in [3.05, 3.63) is 0 Å². The summed E-state index contributed by atoms with van der Waals surface area (Å²) in [6.45, 7) is 1.93. The Labute approximate surface area is 54.8 Å². The van der Waals surface area contributed by atoms with Crippen LogP contribution in [0.2, 0.25) is 0 Å². The molecule has 0 aromatic heterocycles. The molecule has 50 valence electrons. The zero-order chi connectivity index (χ0) is 6.62. The Kier molecular flexibility index (Phi) is 3.51. The van der Waals surface area contributed by atoms with Gasteiger partial charge in [-0.3, -0.25) is 4.21 Å². The third kappa shape index (κ3) is 6.33. The molecule has 0 aliphatic heterocycles. The first-order chi connectivity index (χ1) is 3.56. The van der Waals surface area contributed by atoms with E-state index < -0.39 is 8.77 Å². The molecule has 0 rings (SSSR count). The van der Waals surface area contributed by atoms with Crippen LogP contribution in [0.5, 0.6) is 0 Å². The monoisotopic (exact) mass is 153 g/mol. The van der Waals surface area contributed by atoms with Crippen LogP contribution >= 0.6 is 0 Å². The minimum atomic E-state index is -3.10. The highest BCUT2D eigenvalue weighted by atomic mass is 32.8. The first-order valence-electron chi connectivity index (χ1n) is 2.50. The van der Waals surface area contributed by atoms with Crippen LogP contribution in [0.25, 0.3) is 0 Å². The lowest BCUT2D eigenvalue weighted by Crippen LogP contribution is -2.01. The molecule has 0 heterocycles. The molecule has 0 aliphatic carbocycles. The summed E-state index contributed by atoms with van der Waals surface area (Å²) in [5.74, 6) is 0.152. The maximum absolute atomic E-state index is 10.2. The lowest BCUT2D eigenvalue weighted by molar-refractivity contribution is 0.531. The fourth-order valence-electron chi connectivity index (χ4n) is 0.321. The average molecular weight is 153 g/mol. The van der Waals surface area contributed by atoms with Crippen molar-refractivity contribution in [1.82, 2.24) is 0 Å². The Balaban J connectivity index is 3.42. The normalized spacial score (nSPS) is 17.8. The van der Waals surface area contributed by atoms with Gasteiger partial charge in [-0.15, -0.1) is 0 Å². The molecule has 0 aromatic rings. The standard InChI is InChI=1S/C4H10O2S2/c1-2-3-4-8(5,6)7/h2-4H2,1H3,(H,5,6,7)/p-1. The zero-order valence-electron chi connectivity index (χ0n) is 4.75. The molecule has 0 radical (unpaired) electrons. The van der Waals surface area contributed by atoms with E-state index in [1.165, 1.54) is 0 Å². The molecular formula is C4H9O2S2-. The van der Waals surface area contributed by atoms with Gasteiger partial charge in [0, 0.05) is 5.75 Å². The van der Waals surface area contributed by atoms with Gasteiger partial charge in [0.15, 0.2) is 0 Å². The summed E-state index contributed by atoms with van der Waals surface area (Å²) in [6.07, 6.45) is 1.57. The van der Waals surface area contributed by atoms with Crippen LogP contribution in [0.3, 0.4) is 0 Å². The van der Waals surface area contributed by atoms with E-state index in [2.05, 4.69) is 11.2 Å². The van der Waals surface area contributed by atoms with E-state index in [-0.39, 0.29) is 5.75 Å². The van der Waals surface area contributed by atoms with Crippen molar-refractivity contribution in [3.63, 3.8) is 0 Å². The molecule has 0 spiro atoms. The van der Waals surface area contributed by atoms with Crippen LogP contribution in [-0.2, 0) is 20.0 Å². The molecule has 1 atom stereocenters. The van der Waals surface area contributed by atoms with Gasteiger partial charge >= 0.3 is 0 Å². The van der Waals surface area contributed by atoms with Gasteiger partial charge in [-0.05, 0) is 26.4 Å². The van der Waals surface area contributed by atoms with E-state index >= 15 is 0 Å². The fourth-order valence-corrected chi connectivity index (χ4v) is 1.32. The highest BCUT2D eigenvalue weighted by molar-refractivity contribution is 8.29. The molecular weight excluding hydrogens is 144 g/mol. The Bertz CT molecular complexity index is 136.